The Hall–Kier alpha value is -1.99. The Morgan fingerprint density at radius 2 is 2.08 bits per heavy atom. The van der Waals surface area contributed by atoms with Crippen LogP contribution in [0, 0.1) is 0 Å². The summed E-state index contributed by atoms with van der Waals surface area (Å²) in [6.45, 7) is 1.51. The number of aromatic nitrogens is 1. The van der Waals surface area contributed by atoms with Gasteiger partial charge in [0.15, 0.2) is 0 Å². The van der Waals surface area contributed by atoms with Crippen LogP contribution in [0.3, 0.4) is 0 Å². The van der Waals surface area contributed by atoms with Crippen LogP contribution in [-0.2, 0) is 6.18 Å². The summed E-state index contributed by atoms with van der Waals surface area (Å²) in [5, 5.41) is 6.65. The fourth-order valence-electron chi connectivity index (χ4n) is 4.03. The van der Waals surface area contributed by atoms with Crippen molar-refractivity contribution >= 4 is 28.7 Å². The SMILES string of the molecule is CN1c2c(cc(Nc3ccc(Cl)nc3)cc2C(F)(F)F)[C@H]2CNCC[C@H]21. The van der Waals surface area contributed by atoms with E-state index in [1.54, 1.807) is 24.1 Å². The van der Waals surface area contributed by atoms with Gasteiger partial charge in [-0.05, 0) is 42.8 Å². The molecule has 1 fully saturated rings. The molecule has 2 aromatic rings. The molecule has 1 aromatic carbocycles. The Morgan fingerprint density at radius 3 is 2.77 bits per heavy atom. The van der Waals surface area contributed by atoms with Gasteiger partial charge in [0.05, 0.1) is 23.1 Å². The van der Waals surface area contributed by atoms with Crippen LogP contribution >= 0.6 is 11.6 Å². The molecule has 1 aromatic heterocycles. The van der Waals surface area contributed by atoms with Gasteiger partial charge in [-0.25, -0.2) is 4.98 Å². The quantitative estimate of drug-likeness (QED) is 0.756. The van der Waals surface area contributed by atoms with E-state index in [2.05, 4.69) is 15.6 Å². The first-order valence-electron chi connectivity index (χ1n) is 8.42. The summed E-state index contributed by atoms with van der Waals surface area (Å²) in [5.41, 5.74) is 1.43. The molecule has 138 valence electrons. The first kappa shape index (κ1) is 17.4. The van der Waals surface area contributed by atoms with Crippen molar-refractivity contribution in [2.75, 3.05) is 30.4 Å². The van der Waals surface area contributed by atoms with E-state index in [1.165, 1.54) is 12.3 Å². The van der Waals surface area contributed by atoms with Gasteiger partial charge in [0.2, 0.25) is 0 Å². The number of likely N-dealkylation sites (N-methyl/N-ethyl adjacent to an activating group) is 1. The highest BCUT2D eigenvalue weighted by Crippen LogP contribution is 2.50. The second kappa shape index (κ2) is 6.32. The lowest BCUT2D eigenvalue weighted by atomic mass is 9.89. The molecular weight excluding hydrogens is 365 g/mol. The molecule has 0 bridgehead atoms. The van der Waals surface area contributed by atoms with Crippen molar-refractivity contribution in [2.45, 2.75) is 24.6 Å². The molecule has 0 aliphatic carbocycles. The average molecular weight is 383 g/mol. The molecule has 2 aliphatic heterocycles. The van der Waals surface area contributed by atoms with E-state index in [4.69, 9.17) is 11.6 Å². The number of fused-ring (bicyclic) bond motifs is 3. The lowest BCUT2D eigenvalue weighted by Gasteiger charge is -2.31. The van der Waals surface area contributed by atoms with E-state index < -0.39 is 11.7 Å². The molecule has 4 rings (SSSR count). The molecule has 0 spiro atoms. The number of anilines is 3. The zero-order chi connectivity index (χ0) is 18.5. The van der Waals surface area contributed by atoms with Crippen LogP contribution in [0.15, 0.2) is 30.5 Å². The monoisotopic (exact) mass is 382 g/mol. The van der Waals surface area contributed by atoms with Crippen molar-refractivity contribution in [1.82, 2.24) is 10.3 Å². The molecular formula is C18H18ClF3N4. The first-order valence-corrected chi connectivity index (χ1v) is 8.79. The minimum absolute atomic E-state index is 0.0509. The van der Waals surface area contributed by atoms with Gasteiger partial charge in [0.1, 0.15) is 5.15 Å². The summed E-state index contributed by atoms with van der Waals surface area (Å²) in [6.07, 6.45) is -2.09. The van der Waals surface area contributed by atoms with Gasteiger partial charge in [-0.2, -0.15) is 13.2 Å². The molecule has 0 amide bonds. The number of hydrogen-bond acceptors (Lipinski definition) is 4. The number of piperidine rings is 1. The topological polar surface area (TPSA) is 40.2 Å². The van der Waals surface area contributed by atoms with Crippen molar-refractivity contribution in [3.8, 4) is 0 Å². The summed E-state index contributed by atoms with van der Waals surface area (Å²) in [4.78, 5) is 5.76. The number of halogens is 4. The molecule has 0 unspecified atom stereocenters. The van der Waals surface area contributed by atoms with Crippen LogP contribution in [0.25, 0.3) is 0 Å². The molecule has 26 heavy (non-hydrogen) atoms. The van der Waals surface area contributed by atoms with Crippen LogP contribution in [0.1, 0.15) is 23.5 Å². The average Bonchev–Trinajstić information content (AvgIpc) is 2.89. The van der Waals surface area contributed by atoms with Crippen molar-refractivity contribution in [3.63, 3.8) is 0 Å². The third kappa shape index (κ3) is 2.99. The molecule has 2 N–H and O–H groups in total. The largest absolute Gasteiger partial charge is 0.418 e. The number of hydrogen-bond donors (Lipinski definition) is 2. The lowest BCUT2D eigenvalue weighted by Crippen LogP contribution is -2.42. The lowest BCUT2D eigenvalue weighted by molar-refractivity contribution is -0.137. The van der Waals surface area contributed by atoms with Crippen molar-refractivity contribution in [3.05, 3.63) is 46.7 Å². The van der Waals surface area contributed by atoms with Crippen LogP contribution < -0.4 is 15.5 Å². The Morgan fingerprint density at radius 1 is 1.27 bits per heavy atom. The van der Waals surface area contributed by atoms with Crippen LogP contribution in [-0.4, -0.2) is 31.2 Å². The van der Waals surface area contributed by atoms with Gasteiger partial charge in [0.25, 0.3) is 0 Å². The molecule has 0 saturated carbocycles. The van der Waals surface area contributed by atoms with Crippen molar-refractivity contribution in [1.29, 1.82) is 0 Å². The Bertz CT molecular complexity index is 822. The summed E-state index contributed by atoms with van der Waals surface area (Å²) in [5.74, 6) is 0.0509. The van der Waals surface area contributed by atoms with Gasteiger partial charge in [-0.3, -0.25) is 0 Å². The number of rotatable bonds is 2. The zero-order valence-electron chi connectivity index (χ0n) is 14.1. The predicted octanol–water partition coefficient (Wildman–Crippen LogP) is 4.39. The Balaban J connectivity index is 1.79. The maximum atomic E-state index is 13.8. The fourth-order valence-corrected chi connectivity index (χ4v) is 4.14. The van der Waals surface area contributed by atoms with Gasteiger partial charge in [-0.15, -0.1) is 0 Å². The summed E-state index contributed by atoms with van der Waals surface area (Å²) < 4.78 is 41.3. The predicted molar refractivity (Wildman–Crippen MR) is 96.4 cm³/mol. The third-order valence-electron chi connectivity index (χ3n) is 5.16. The number of pyridine rings is 1. The van der Waals surface area contributed by atoms with Gasteiger partial charge in [0, 0.05) is 31.2 Å². The second-order valence-electron chi connectivity index (χ2n) is 6.73. The van der Waals surface area contributed by atoms with Crippen LogP contribution in [0.2, 0.25) is 5.15 Å². The van der Waals surface area contributed by atoms with Gasteiger partial charge < -0.3 is 15.5 Å². The molecule has 4 nitrogen and oxygen atoms in total. The minimum atomic E-state index is -4.42. The van der Waals surface area contributed by atoms with Gasteiger partial charge >= 0.3 is 6.18 Å². The Kier molecular flexibility index (Phi) is 4.23. The standard InChI is InChI=1S/C18H18ClF3N4/c1-26-15-4-5-23-9-13(15)12-6-11(7-14(17(12)26)18(20,21)22)25-10-2-3-16(19)24-8-10/h2-3,6-8,13,15,23,25H,4-5,9H2,1H3/t13-,15-/m1/s1. The molecule has 0 radical (unpaired) electrons. The van der Waals surface area contributed by atoms with Crippen molar-refractivity contribution < 1.29 is 13.2 Å². The number of nitrogens with zero attached hydrogens (tertiary/aromatic N) is 2. The fraction of sp³-hybridized carbons (Fsp3) is 0.389. The highest BCUT2D eigenvalue weighted by Gasteiger charge is 2.45. The smallest absolute Gasteiger partial charge is 0.370 e. The molecule has 1 saturated heterocycles. The maximum Gasteiger partial charge on any atom is 0.418 e. The first-order chi connectivity index (χ1) is 12.3. The minimum Gasteiger partial charge on any atom is -0.370 e. The van der Waals surface area contributed by atoms with Crippen molar-refractivity contribution in [2.24, 2.45) is 0 Å². The second-order valence-corrected chi connectivity index (χ2v) is 7.12. The molecule has 3 heterocycles. The highest BCUT2D eigenvalue weighted by atomic mass is 35.5. The van der Waals surface area contributed by atoms with E-state index in [9.17, 15) is 13.2 Å². The number of benzene rings is 1. The normalized spacial score (nSPS) is 22.1. The van der Waals surface area contributed by atoms with E-state index in [1.807, 2.05) is 6.07 Å². The molecule has 8 heteroatoms. The van der Waals surface area contributed by atoms with E-state index in [0.29, 0.717) is 28.8 Å². The van der Waals surface area contributed by atoms with E-state index >= 15 is 0 Å². The summed E-state index contributed by atoms with van der Waals surface area (Å²) >= 11 is 5.77. The van der Waals surface area contributed by atoms with E-state index in [-0.39, 0.29) is 12.0 Å². The van der Waals surface area contributed by atoms with Crippen LogP contribution in [0.5, 0.6) is 0 Å². The zero-order valence-corrected chi connectivity index (χ0v) is 14.8. The van der Waals surface area contributed by atoms with Gasteiger partial charge in [-0.1, -0.05) is 11.6 Å². The maximum absolute atomic E-state index is 13.8. The summed E-state index contributed by atoms with van der Waals surface area (Å²) in [7, 11) is 1.76. The van der Waals surface area contributed by atoms with Crippen LogP contribution in [0.4, 0.5) is 30.2 Å². The molecule has 2 aliphatic rings. The highest BCUT2D eigenvalue weighted by molar-refractivity contribution is 6.29. The summed E-state index contributed by atoms with van der Waals surface area (Å²) in [6, 6.07) is 6.38. The number of alkyl halides is 3. The Labute approximate surface area is 154 Å². The van der Waals surface area contributed by atoms with E-state index in [0.717, 1.165) is 18.5 Å². The molecule has 2 atom stereocenters. The third-order valence-corrected chi connectivity index (χ3v) is 5.38. The number of nitrogens with one attached hydrogen (secondary N) is 2.